The first-order valence-corrected chi connectivity index (χ1v) is 10.2. The molecule has 0 aromatic rings. The monoisotopic (exact) mass is 346 g/mol. The minimum Gasteiger partial charge on any atom is -0.370 e. The van der Waals surface area contributed by atoms with Crippen molar-refractivity contribution in [2.24, 2.45) is 11.8 Å². The van der Waals surface area contributed by atoms with Gasteiger partial charge in [0.05, 0.1) is 12.2 Å². The summed E-state index contributed by atoms with van der Waals surface area (Å²) in [4.78, 5) is 12.2. The Morgan fingerprint density at radius 1 is 1.09 bits per heavy atom. The van der Waals surface area contributed by atoms with Gasteiger partial charge in [0, 0.05) is 0 Å². The zero-order chi connectivity index (χ0) is 16.4. The molecule has 0 radical (unpaired) electrons. The van der Waals surface area contributed by atoms with Crippen molar-refractivity contribution in [1.29, 1.82) is 0 Å². The number of rotatable bonds is 7. The van der Waals surface area contributed by atoms with Gasteiger partial charge < -0.3 is 9.47 Å². The molecule has 132 valence electrons. The van der Waals surface area contributed by atoms with E-state index in [1.165, 1.54) is 6.42 Å². The molecule has 3 aliphatic rings. The maximum Gasteiger partial charge on any atom is 0.299 e. The second-order valence-corrected chi connectivity index (χ2v) is 8.69. The van der Waals surface area contributed by atoms with Crippen LogP contribution in [-0.2, 0) is 24.4 Å². The average Bonchev–Trinajstić information content (AvgIpc) is 3.13. The number of carbonyl (C=O) groups is 1. The second kappa shape index (κ2) is 7.17. The fourth-order valence-electron chi connectivity index (χ4n) is 4.34. The number of hydrogen-bond donors (Lipinski definition) is 1. The lowest BCUT2D eigenvalue weighted by atomic mass is 9.97. The summed E-state index contributed by atoms with van der Waals surface area (Å²) in [6, 6.07) is 0. The van der Waals surface area contributed by atoms with Crippen molar-refractivity contribution in [3.63, 3.8) is 0 Å². The summed E-state index contributed by atoms with van der Waals surface area (Å²) in [5.74, 6) is 0.494. The first-order chi connectivity index (χ1) is 10.9. The summed E-state index contributed by atoms with van der Waals surface area (Å²) in [7, 11) is -4.57. The van der Waals surface area contributed by atoms with Crippen LogP contribution in [0.2, 0.25) is 0 Å². The molecule has 0 amide bonds. The van der Waals surface area contributed by atoms with Crippen LogP contribution in [0.4, 0.5) is 0 Å². The Bertz CT molecular complexity index is 525. The van der Waals surface area contributed by atoms with Gasteiger partial charge >= 0.3 is 0 Å². The first kappa shape index (κ1) is 17.3. The molecule has 2 bridgehead atoms. The summed E-state index contributed by atoms with van der Waals surface area (Å²) in [6.07, 6.45) is 8.71. The Kier molecular flexibility index (Phi) is 5.40. The fraction of sp³-hybridized carbons (Fsp3) is 0.938. The van der Waals surface area contributed by atoms with Crippen LogP contribution in [0.1, 0.15) is 57.8 Å². The van der Waals surface area contributed by atoms with Crippen molar-refractivity contribution in [3.05, 3.63) is 0 Å². The van der Waals surface area contributed by atoms with Gasteiger partial charge in [0.2, 0.25) is 11.2 Å². The molecule has 0 heterocycles. The standard InChI is InChI=1S/C16H26O6S/c17-14(10-21-15-9-11-6-7-12(15)8-11)16(23(18,19)20)22-13-4-2-1-3-5-13/h11-13,15-16H,1-10H2,(H,18,19,20). The van der Waals surface area contributed by atoms with Crippen molar-refractivity contribution >= 4 is 15.9 Å². The molecule has 6 nitrogen and oxygen atoms in total. The van der Waals surface area contributed by atoms with Gasteiger partial charge in [-0.1, -0.05) is 19.3 Å². The van der Waals surface area contributed by atoms with Crippen LogP contribution >= 0.6 is 0 Å². The van der Waals surface area contributed by atoms with E-state index in [9.17, 15) is 17.8 Å². The predicted octanol–water partition coefficient (Wildman–Crippen LogP) is 2.32. The zero-order valence-corrected chi connectivity index (χ0v) is 14.2. The zero-order valence-electron chi connectivity index (χ0n) is 13.4. The maximum atomic E-state index is 12.2. The van der Waals surface area contributed by atoms with Crippen LogP contribution in [-0.4, -0.2) is 43.0 Å². The Morgan fingerprint density at radius 3 is 2.39 bits per heavy atom. The molecule has 3 aliphatic carbocycles. The molecule has 4 atom stereocenters. The van der Waals surface area contributed by atoms with Gasteiger partial charge in [-0.15, -0.1) is 0 Å². The van der Waals surface area contributed by atoms with E-state index in [0.717, 1.165) is 51.4 Å². The van der Waals surface area contributed by atoms with Gasteiger partial charge in [0.15, 0.2) is 0 Å². The third-order valence-electron chi connectivity index (χ3n) is 5.51. The highest BCUT2D eigenvalue weighted by Crippen LogP contribution is 2.45. The molecule has 1 N–H and O–H groups in total. The minimum absolute atomic E-state index is 0.0504. The largest absolute Gasteiger partial charge is 0.370 e. The van der Waals surface area contributed by atoms with Gasteiger partial charge in [-0.25, -0.2) is 0 Å². The number of fused-ring (bicyclic) bond motifs is 2. The van der Waals surface area contributed by atoms with E-state index in [2.05, 4.69) is 0 Å². The highest BCUT2D eigenvalue weighted by atomic mass is 32.2. The molecule has 0 spiro atoms. The molecule has 0 aromatic carbocycles. The number of hydrogen-bond acceptors (Lipinski definition) is 5. The van der Waals surface area contributed by atoms with Crippen LogP contribution in [0.5, 0.6) is 0 Å². The molecule has 0 aliphatic heterocycles. The summed E-state index contributed by atoms with van der Waals surface area (Å²) >= 11 is 0. The Labute approximate surface area is 137 Å². The molecule has 0 saturated heterocycles. The lowest BCUT2D eigenvalue weighted by molar-refractivity contribution is -0.137. The Hall–Kier alpha value is -0.500. The molecule has 3 saturated carbocycles. The molecule has 4 unspecified atom stereocenters. The van der Waals surface area contributed by atoms with Gasteiger partial charge in [-0.05, 0) is 50.4 Å². The molecule has 3 fully saturated rings. The van der Waals surface area contributed by atoms with E-state index in [1.54, 1.807) is 0 Å². The van der Waals surface area contributed by atoms with Crippen molar-refractivity contribution in [1.82, 2.24) is 0 Å². The summed E-state index contributed by atoms with van der Waals surface area (Å²) in [5.41, 5.74) is -1.80. The predicted molar refractivity (Wildman–Crippen MR) is 83.5 cm³/mol. The van der Waals surface area contributed by atoms with E-state index >= 15 is 0 Å². The summed E-state index contributed by atoms with van der Waals surface area (Å²) in [6.45, 7) is -0.301. The molecule has 3 rings (SSSR count). The summed E-state index contributed by atoms with van der Waals surface area (Å²) in [5, 5.41) is 0. The molecule has 7 heteroatoms. The first-order valence-electron chi connectivity index (χ1n) is 8.69. The van der Waals surface area contributed by atoms with Crippen LogP contribution in [0.25, 0.3) is 0 Å². The van der Waals surface area contributed by atoms with Crippen molar-refractivity contribution in [2.75, 3.05) is 6.61 Å². The van der Waals surface area contributed by atoms with Gasteiger partial charge in [-0.3, -0.25) is 9.35 Å². The van der Waals surface area contributed by atoms with E-state index in [4.69, 9.17) is 9.47 Å². The third-order valence-corrected chi connectivity index (χ3v) is 6.43. The lowest BCUT2D eigenvalue weighted by Gasteiger charge is -2.26. The lowest BCUT2D eigenvalue weighted by Crippen LogP contribution is -2.40. The maximum absolute atomic E-state index is 12.2. The normalized spacial score (nSPS) is 33.0. The molecule has 0 aromatic heterocycles. The number of Topliss-reactive ketones (excluding diaryl/α,β-unsaturated/α-hetero) is 1. The number of ketones is 1. The SMILES string of the molecule is O=C(COC1CC2CCC1C2)C(OC1CCCCC1)S(=O)(=O)O. The molecular formula is C16H26O6S. The smallest absolute Gasteiger partial charge is 0.299 e. The van der Waals surface area contributed by atoms with Crippen LogP contribution < -0.4 is 0 Å². The molecule has 23 heavy (non-hydrogen) atoms. The topological polar surface area (TPSA) is 89.9 Å². The highest BCUT2D eigenvalue weighted by Gasteiger charge is 2.41. The van der Waals surface area contributed by atoms with E-state index in [-0.39, 0.29) is 18.8 Å². The van der Waals surface area contributed by atoms with Crippen molar-refractivity contribution in [3.8, 4) is 0 Å². The average molecular weight is 346 g/mol. The second-order valence-electron chi connectivity index (χ2n) is 7.23. The van der Waals surface area contributed by atoms with Crippen LogP contribution in [0, 0.1) is 11.8 Å². The van der Waals surface area contributed by atoms with E-state index < -0.39 is 21.3 Å². The molecular weight excluding hydrogens is 320 g/mol. The van der Waals surface area contributed by atoms with Crippen LogP contribution in [0.15, 0.2) is 0 Å². The third kappa shape index (κ3) is 4.32. The Balaban J connectivity index is 1.54. The highest BCUT2D eigenvalue weighted by molar-refractivity contribution is 7.87. The van der Waals surface area contributed by atoms with Crippen molar-refractivity contribution in [2.45, 2.75) is 75.4 Å². The number of carbonyl (C=O) groups excluding carboxylic acids is 1. The summed E-state index contributed by atoms with van der Waals surface area (Å²) < 4.78 is 43.5. The van der Waals surface area contributed by atoms with Gasteiger partial charge in [0.25, 0.3) is 10.1 Å². The van der Waals surface area contributed by atoms with E-state index in [0.29, 0.717) is 11.8 Å². The fourth-order valence-corrected chi connectivity index (χ4v) is 5.03. The van der Waals surface area contributed by atoms with E-state index in [1.807, 2.05) is 0 Å². The minimum atomic E-state index is -4.57. The number of ether oxygens (including phenoxy) is 2. The van der Waals surface area contributed by atoms with Crippen molar-refractivity contribution < 1.29 is 27.2 Å². The Morgan fingerprint density at radius 2 is 1.83 bits per heavy atom. The van der Waals surface area contributed by atoms with Crippen LogP contribution in [0.3, 0.4) is 0 Å². The van der Waals surface area contributed by atoms with Gasteiger partial charge in [0.1, 0.15) is 6.61 Å². The van der Waals surface area contributed by atoms with Gasteiger partial charge in [-0.2, -0.15) is 8.42 Å². The quantitative estimate of drug-likeness (QED) is 0.712.